The van der Waals surface area contributed by atoms with Crippen LogP contribution in [0.15, 0.2) is 6.07 Å². The van der Waals surface area contributed by atoms with Crippen molar-refractivity contribution < 1.29 is 18.0 Å². The molecule has 1 saturated heterocycles. The number of carbonyl (C=O) groups is 2. The van der Waals surface area contributed by atoms with Crippen molar-refractivity contribution in [2.45, 2.75) is 57.8 Å². The molecule has 3 amide bonds. The van der Waals surface area contributed by atoms with Gasteiger partial charge in [-0.3, -0.25) is 4.79 Å². The first-order chi connectivity index (χ1) is 13.4. The molecule has 4 rings (SSSR count). The quantitative estimate of drug-likeness (QED) is 0.758. The topological polar surface area (TPSA) is 95.6 Å². The summed E-state index contributed by atoms with van der Waals surface area (Å²) >= 11 is 0. The minimum Gasteiger partial charge on any atom is -0.343 e. The van der Waals surface area contributed by atoms with Gasteiger partial charge >= 0.3 is 6.03 Å². The van der Waals surface area contributed by atoms with Crippen LogP contribution in [0, 0.1) is 0 Å². The Balaban J connectivity index is 1.36. The zero-order valence-corrected chi connectivity index (χ0v) is 16.9. The van der Waals surface area contributed by atoms with Gasteiger partial charge < -0.3 is 10.2 Å². The molecule has 1 aromatic rings. The summed E-state index contributed by atoms with van der Waals surface area (Å²) in [6.07, 6.45) is 7.43. The maximum atomic E-state index is 12.4. The van der Waals surface area contributed by atoms with E-state index >= 15 is 0 Å². The summed E-state index contributed by atoms with van der Waals surface area (Å²) in [4.78, 5) is 26.0. The van der Waals surface area contributed by atoms with E-state index < -0.39 is 16.1 Å². The van der Waals surface area contributed by atoms with Gasteiger partial charge in [0, 0.05) is 25.2 Å². The van der Waals surface area contributed by atoms with Crippen LogP contribution in [0.4, 0.5) is 10.5 Å². The number of sulfonamides is 1. The Labute approximate surface area is 165 Å². The summed E-state index contributed by atoms with van der Waals surface area (Å²) in [5.74, 6) is -0.244. The molecule has 0 radical (unpaired) electrons. The molecule has 8 heteroatoms. The molecule has 3 aliphatic rings. The molecule has 1 aromatic carbocycles. The van der Waals surface area contributed by atoms with Crippen molar-refractivity contribution in [3.05, 3.63) is 28.3 Å². The zero-order valence-electron chi connectivity index (χ0n) is 16.1. The van der Waals surface area contributed by atoms with E-state index in [9.17, 15) is 18.0 Å². The van der Waals surface area contributed by atoms with Crippen molar-refractivity contribution in [2.24, 2.45) is 0 Å². The van der Waals surface area contributed by atoms with Gasteiger partial charge in [-0.05, 0) is 73.6 Å². The third-order valence-electron chi connectivity index (χ3n) is 5.97. The van der Waals surface area contributed by atoms with Crippen molar-refractivity contribution in [2.75, 3.05) is 24.2 Å². The number of urea groups is 1. The van der Waals surface area contributed by atoms with Gasteiger partial charge in [0.15, 0.2) is 0 Å². The monoisotopic (exact) mass is 405 g/mol. The van der Waals surface area contributed by atoms with E-state index in [0.29, 0.717) is 0 Å². The first-order valence-electron chi connectivity index (χ1n) is 10.2. The first-order valence-corrected chi connectivity index (χ1v) is 11.8. The summed E-state index contributed by atoms with van der Waals surface area (Å²) in [5, 5.41) is 2.83. The van der Waals surface area contributed by atoms with Gasteiger partial charge in [0.1, 0.15) is 0 Å². The Morgan fingerprint density at radius 2 is 1.61 bits per heavy atom. The number of benzene rings is 1. The molecule has 7 nitrogen and oxygen atoms in total. The predicted molar refractivity (Wildman–Crippen MR) is 107 cm³/mol. The maximum absolute atomic E-state index is 12.4. The minimum absolute atomic E-state index is 0.0127. The molecular formula is C20H27N3O4S. The second-order valence-corrected chi connectivity index (χ2v) is 9.79. The standard InChI is InChI=1S/C20H27N3O4S/c24-18(23-10-4-11-23)9-3-12-28(26,27)22-20(25)21-19-16-7-1-5-14(16)13-15-6-2-8-17(15)19/h13H,1-12H2,(H2,21,22,25). The number of amides is 3. The molecule has 0 aromatic heterocycles. The predicted octanol–water partition coefficient (Wildman–Crippen LogP) is 2.13. The number of fused-ring (bicyclic) bond motifs is 2. The molecule has 0 saturated carbocycles. The molecule has 0 unspecified atom stereocenters. The Morgan fingerprint density at radius 3 is 2.18 bits per heavy atom. The normalized spacial score (nSPS) is 17.6. The molecule has 2 N–H and O–H groups in total. The van der Waals surface area contributed by atoms with Crippen LogP contribution in [0.3, 0.4) is 0 Å². The Kier molecular flexibility index (Phi) is 5.31. The lowest BCUT2D eigenvalue weighted by Gasteiger charge is -2.30. The van der Waals surface area contributed by atoms with Crippen LogP contribution >= 0.6 is 0 Å². The van der Waals surface area contributed by atoms with E-state index in [4.69, 9.17) is 0 Å². The van der Waals surface area contributed by atoms with E-state index in [1.165, 1.54) is 11.1 Å². The average molecular weight is 406 g/mol. The van der Waals surface area contributed by atoms with Crippen LogP contribution in [0.25, 0.3) is 0 Å². The van der Waals surface area contributed by atoms with Gasteiger partial charge in [0.2, 0.25) is 15.9 Å². The van der Waals surface area contributed by atoms with Gasteiger partial charge in [-0.2, -0.15) is 0 Å². The highest BCUT2D eigenvalue weighted by Gasteiger charge is 2.26. The average Bonchev–Trinajstić information content (AvgIpc) is 3.20. The van der Waals surface area contributed by atoms with Crippen LogP contribution in [-0.4, -0.2) is 44.1 Å². The van der Waals surface area contributed by atoms with Gasteiger partial charge in [-0.1, -0.05) is 6.07 Å². The number of carbonyl (C=O) groups excluding carboxylic acids is 2. The highest BCUT2D eigenvalue weighted by molar-refractivity contribution is 7.90. The molecule has 1 fully saturated rings. The van der Waals surface area contributed by atoms with Crippen LogP contribution in [0.1, 0.15) is 54.4 Å². The first kappa shape index (κ1) is 19.2. The Hall–Kier alpha value is -2.09. The van der Waals surface area contributed by atoms with Gasteiger partial charge in [0.05, 0.1) is 5.75 Å². The van der Waals surface area contributed by atoms with Crippen molar-refractivity contribution in [3.8, 4) is 0 Å². The molecule has 152 valence electrons. The van der Waals surface area contributed by atoms with E-state index in [1.54, 1.807) is 4.90 Å². The van der Waals surface area contributed by atoms with Crippen molar-refractivity contribution in [3.63, 3.8) is 0 Å². The lowest BCUT2D eigenvalue weighted by Crippen LogP contribution is -2.42. The lowest BCUT2D eigenvalue weighted by atomic mass is 9.99. The van der Waals surface area contributed by atoms with Crippen LogP contribution in [0.5, 0.6) is 0 Å². The maximum Gasteiger partial charge on any atom is 0.332 e. The molecule has 1 aliphatic heterocycles. The highest BCUT2D eigenvalue weighted by atomic mass is 32.2. The van der Waals surface area contributed by atoms with Crippen LogP contribution < -0.4 is 10.0 Å². The SMILES string of the molecule is O=C(Nc1c2c(cc3c1CCC3)CCC2)NS(=O)(=O)CCCC(=O)N1CCC1. The number of likely N-dealkylation sites (tertiary alicyclic amines) is 1. The van der Waals surface area contributed by atoms with E-state index in [2.05, 4.69) is 16.1 Å². The number of rotatable bonds is 6. The summed E-state index contributed by atoms with van der Waals surface area (Å²) in [6.45, 7) is 1.52. The fraction of sp³-hybridized carbons (Fsp3) is 0.600. The number of hydrogen-bond acceptors (Lipinski definition) is 4. The lowest BCUT2D eigenvalue weighted by molar-refractivity contribution is -0.134. The molecule has 0 atom stereocenters. The van der Waals surface area contributed by atoms with Crippen molar-refractivity contribution in [1.29, 1.82) is 0 Å². The van der Waals surface area contributed by atoms with E-state index in [-0.39, 0.29) is 24.5 Å². The fourth-order valence-corrected chi connectivity index (χ4v) is 5.40. The highest BCUT2D eigenvalue weighted by Crippen LogP contribution is 2.38. The molecule has 1 heterocycles. The van der Waals surface area contributed by atoms with Gasteiger partial charge in [0.25, 0.3) is 0 Å². The fourth-order valence-electron chi connectivity index (χ4n) is 4.44. The van der Waals surface area contributed by atoms with Gasteiger partial charge in [-0.25, -0.2) is 17.9 Å². The second kappa shape index (κ2) is 7.73. The summed E-state index contributed by atoms with van der Waals surface area (Å²) < 4.78 is 26.6. The van der Waals surface area contributed by atoms with Crippen LogP contribution in [0.2, 0.25) is 0 Å². The largest absolute Gasteiger partial charge is 0.343 e. The van der Waals surface area contributed by atoms with E-state index in [0.717, 1.165) is 74.8 Å². The van der Waals surface area contributed by atoms with Crippen molar-refractivity contribution >= 4 is 27.6 Å². The minimum atomic E-state index is -3.77. The smallest absolute Gasteiger partial charge is 0.332 e. The molecule has 2 aliphatic carbocycles. The number of nitrogens with zero attached hydrogens (tertiary/aromatic N) is 1. The number of anilines is 1. The molecule has 0 bridgehead atoms. The number of nitrogens with one attached hydrogen (secondary N) is 2. The van der Waals surface area contributed by atoms with Gasteiger partial charge in [-0.15, -0.1) is 0 Å². The zero-order chi connectivity index (χ0) is 19.7. The summed E-state index contributed by atoms with van der Waals surface area (Å²) in [5.41, 5.74) is 5.71. The third-order valence-corrected chi connectivity index (χ3v) is 7.29. The molecule has 0 spiro atoms. The summed E-state index contributed by atoms with van der Waals surface area (Å²) in [7, 11) is -3.77. The summed E-state index contributed by atoms with van der Waals surface area (Å²) in [6, 6.07) is 1.56. The second-order valence-electron chi connectivity index (χ2n) is 7.95. The van der Waals surface area contributed by atoms with E-state index in [1.807, 2.05) is 0 Å². The number of aryl methyl sites for hydroxylation is 2. The van der Waals surface area contributed by atoms with Crippen molar-refractivity contribution in [1.82, 2.24) is 9.62 Å². The molecular weight excluding hydrogens is 378 g/mol. The number of hydrogen-bond donors (Lipinski definition) is 2. The Bertz CT molecular complexity index is 874. The Morgan fingerprint density at radius 1 is 0.964 bits per heavy atom. The third kappa shape index (κ3) is 4.01. The van der Waals surface area contributed by atoms with Crippen LogP contribution in [-0.2, 0) is 40.5 Å². The molecule has 28 heavy (non-hydrogen) atoms.